The molecule has 9 nitrogen and oxygen atoms in total. The molecule has 2 aromatic heterocycles. The summed E-state index contributed by atoms with van der Waals surface area (Å²) in [6, 6.07) is 6.97. The standard InChI is InChI=1S/C26H29Cl2N9/c1-16(20-5-4-19(27)9-21(20)28)34-26-25(22(30)10-29)33-11-24(35-26)37-13-18(14-37)17-3-2-8-36(12-17)15-23-31-6-7-32-23/h4-7,9,11,16-18,30H,2-3,8,12-15H2,1H3,(H,31,32)(H,34,35). The molecule has 3 N–H and O–H groups in total. The van der Waals surface area contributed by atoms with Gasteiger partial charge in [0.05, 0.1) is 18.8 Å². The van der Waals surface area contributed by atoms with Crippen molar-refractivity contribution in [2.24, 2.45) is 11.8 Å². The fourth-order valence-electron chi connectivity index (χ4n) is 5.22. The molecule has 2 saturated heterocycles. The van der Waals surface area contributed by atoms with Gasteiger partial charge >= 0.3 is 0 Å². The van der Waals surface area contributed by atoms with E-state index < -0.39 is 0 Å². The number of imidazole rings is 1. The molecule has 5 rings (SSSR count). The number of aromatic amines is 1. The van der Waals surface area contributed by atoms with Gasteiger partial charge in [-0.3, -0.25) is 10.3 Å². The zero-order valence-corrected chi connectivity index (χ0v) is 22.1. The van der Waals surface area contributed by atoms with Gasteiger partial charge in [-0.2, -0.15) is 5.26 Å². The SMILES string of the molecule is CC(Nc1nc(N2CC(C3CCCN(Cc4ncc[nH]4)C3)C2)cnc1C(=N)C#N)c1ccc(Cl)cc1Cl. The maximum atomic E-state index is 9.33. The van der Waals surface area contributed by atoms with Crippen molar-refractivity contribution >= 4 is 40.5 Å². The number of hydrogen-bond donors (Lipinski definition) is 3. The number of hydrogen-bond acceptors (Lipinski definition) is 8. The van der Waals surface area contributed by atoms with Crippen molar-refractivity contribution in [1.29, 1.82) is 10.7 Å². The molecule has 0 radical (unpaired) electrons. The van der Waals surface area contributed by atoms with Gasteiger partial charge in [0, 0.05) is 42.1 Å². The summed E-state index contributed by atoms with van der Waals surface area (Å²) < 4.78 is 0. The summed E-state index contributed by atoms with van der Waals surface area (Å²) in [5.74, 6) is 3.40. The normalized spacial score (nSPS) is 19.2. The Morgan fingerprint density at radius 3 is 2.84 bits per heavy atom. The van der Waals surface area contributed by atoms with Crippen LogP contribution >= 0.6 is 23.2 Å². The number of nitrogens with zero attached hydrogens (tertiary/aromatic N) is 6. The largest absolute Gasteiger partial charge is 0.362 e. The van der Waals surface area contributed by atoms with Gasteiger partial charge in [-0.05, 0) is 55.8 Å². The number of rotatable bonds is 8. The molecule has 0 spiro atoms. The van der Waals surface area contributed by atoms with Crippen LogP contribution in [0.25, 0.3) is 0 Å². The van der Waals surface area contributed by atoms with Crippen molar-refractivity contribution < 1.29 is 0 Å². The minimum atomic E-state index is -0.240. The Balaban J connectivity index is 1.26. The number of nitrogens with one attached hydrogen (secondary N) is 3. The molecule has 11 heteroatoms. The highest BCUT2D eigenvalue weighted by Crippen LogP contribution is 2.35. The molecule has 0 saturated carbocycles. The molecule has 2 unspecified atom stereocenters. The van der Waals surface area contributed by atoms with E-state index in [1.54, 1.807) is 24.5 Å². The van der Waals surface area contributed by atoms with Crippen molar-refractivity contribution in [3.8, 4) is 6.07 Å². The van der Waals surface area contributed by atoms with Crippen molar-refractivity contribution in [1.82, 2.24) is 24.8 Å². The van der Waals surface area contributed by atoms with Crippen LogP contribution in [0.4, 0.5) is 11.6 Å². The molecule has 2 atom stereocenters. The van der Waals surface area contributed by atoms with Crippen molar-refractivity contribution in [3.05, 3.63) is 63.9 Å². The lowest BCUT2D eigenvalue weighted by molar-refractivity contribution is 0.112. The first-order chi connectivity index (χ1) is 17.9. The lowest BCUT2D eigenvalue weighted by atomic mass is 9.80. The molecule has 0 bridgehead atoms. The molecule has 1 aromatic carbocycles. The van der Waals surface area contributed by atoms with E-state index in [2.05, 4.69) is 30.1 Å². The summed E-state index contributed by atoms with van der Waals surface area (Å²) in [4.78, 5) is 21.5. The molecule has 4 heterocycles. The second-order valence-electron chi connectivity index (χ2n) is 9.78. The molecular formula is C26H29Cl2N9. The Morgan fingerprint density at radius 1 is 1.27 bits per heavy atom. The first kappa shape index (κ1) is 25.5. The number of likely N-dealkylation sites (tertiary alicyclic amines) is 1. The molecule has 37 heavy (non-hydrogen) atoms. The number of H-pyrrole nitrogens is 1. The molecule has 2 aliphatic heterocycles. The number of benzene rings is 1. The van der Waals surface area contributed by atoms with Crippen molar-refractivity contribution in [2.75, 3.05) is 36.4 Å². The number of nitriles is 1. The fourth-order valence-corrected chi connectivity index (χ4v) is 5.79. The lowest BCUT2D eigenvalue weighted by Gasteiger charge is -2.47. The van der Waals surface area contributed by atoms with E-state index in [4.69, 9.17) is 33.6 Å². The maximum Gasteiger partial charge on any atom is 0.161 e. The van der Waals surface area contributed by atoms with Crippen LogP contribution in [0.15, 0.2) is 36.8 Å². The van der Waals surface area contributed by atoms with Gasteiger partial charge in [0.2, 0.25) is 0 Å². The predicted molar refractivity (Wildman–Crippen MR) is 145 cm³/mol. The number of piperidine rings is 1. The van der Waals surface area contributed by atoms with Crippen molar-refractivity contribution in [2.45, 2.75) is 32.4 Å². The predicted octanol–water partition coefficient (Wildman–Crippen LogP) is 4.92. The van der Waals surface area contributed by atoms with Crippen LogP contribution in [0.5, 0.6) is 0 Å². The summed E-state index contributed by atoms with van der Waals surface area (Å²) in [7, 11) is 0. The van der Waals surface area contributed by atoms with Gasteiger partial charge in [-0.25, -0.2) is 15.0 Å². The summed E-state index contributed by atoms with van der Waals surface area (Å²) in [6.45, 7) is 6.83. The number of aromatic nitrogens is 4. The smallest absolute Gasteiger partial charge is 0.161 e. The highest BCUT2D eigenvalue weighted by atomic mass is 35.5. The van der Waals surface area contributed by atoms with E-state index in [0.717, 1.165) is 49.9 Å². The van der Waals surface area contributed by atoms with Crippen LogP contribution in [0.3, 0.4) is 0 Å². The van der Waals surface area contributed by atoms with Gasteiger partial charge in [0.15, 0.2) is 11.5 Å². The average Bonchev–Trinajstić information content (AvgIpc) is 3.36. The summed E-state index contributed by atoms with van der Waals surface area (Å²) in [5, 5.41) is 21.8. The topological polar surface area (TPSA) is 121 Å². The second-order valence-corrected chi connectivity index (χ2v) is 10.6. The monoisotopic (exact) mass is 537 g/mol. The van der Waals surface area contributed by atoms with E-state index in [0.29, 0.717) is 27.7 Å². The van der Waals surface area contributed by atoms with E-state index in [-0.39, 0.29) is 17.4 Å². The molecular weight excluding hydrogens is 509 g/mol. The van der Waals surface area contributed by atoms with Crippen LogP contribution in [0.2, 0.25) is 10.0 Å². The molecule has 192 valence electrons. The van der Waals surface area contributed by atoms with Crippen molar-refractivity contribution in [3.63, 3.8) is 0 Å². The minimum absolute atomic E-state index is 0.223. The number of anilines is 2. The first-order valence-electron chi connectivity index (χ1n) is 12.4. The molecule has 0 amide bonds. The van der Waals surface area contributed by atoms with Gasteiger partial charge in [-0.1, -0.05) is 29.3 Å². The highest BCUT2D eigenvalue weighted by Gasteiger charge is 2.37. The summed E-state index contributed by atoms with van der Waals surface area (Å²) >= 11 is 12.5. The zero-order valence-electron chi connectivity index (χ0n) is 20.6. The molecule has 2 fully saturated rings. The van der Waals surface area contributed by atoms with E-state index in [9.17, 15) is 5.26 Å². The molecule has 0 aliphatic carbocycles. The quantitative estimate of drug-likeness (QED) is 0.348. The summed E-state index contributed by atoms with van der Waals surface area (Å²) in [6.07, 6.45) is 7.78. The molecule has 3 aromatic rings. The van der Waals surface area contributed by atoms with Gasteiger partial charge in [0.25, 0.3) is 0 Å². The minimum Gasteiger partial charge on any atom is -0.362 e. The van der Waals surface area contributed by atoms with Crippen LogP contribution in [-0.4, -0.2) is 56.7 Å². The number of halogens is 2. The Hall–Kier alpha value is -3.19. The average molecular weight is 538 g/mol. The van der Waals surface area contributed by atoms with Crippen LogP contribution < -0.4 is 10.2 Å². The zero-order chi connectivity index (χ0) is 25.9. The Bertz CT molecular complexity index is 1300. The van der Waals surface area contributed by atoms with Gasteiger partial charge < -0.3 is 15.2 Å². The first-order valence-corrected chi connectivity index (χ1v) is 13.2. The summed E-state index contributed by atoms with van der Waals surface area (Å²) in [5.41, 5.74) is 0.825. The Morgan fingerprint density at radius 2 is 2.11 bits per heavy atom. The van der Waals surface area contributed by atoms with Crippen LogP contribution in [0.1, 0.15) is 42.9 Å². The van der Waals surface area contributed by atoms with E-state index >= 15 is 0 Å². The van der Waals surface area contributed by atoms with Crippen LogP contribution in [-0.2, 0) is 6.54 Å². The van der Waals surface area contributed by atoms with Gasteiger partial charge in [-0.15, -0.1) is 0 Å². The third-order valence-electron chi connectivity index (χ3n) is 7.26. The third kappa shape index (κ3) is 5.72. The lowest BCUT2D eigenvalue weighted by Crippen LogP contribution is -2.53. The van der Waals surface area contributed by atoms with Gasteiger partial charge in [0.1, 0.15) is 23.4 Å². The van der Waals surface area contributed by atoms with E-state index in [1.165, 1.54) is 12.8 Å². The van der Waals surface area contributed by atoms with Crippen LogP contribution in [0, 0.1) is 28.6 Å². The molecule has 2 aliphatic rings. The third-order valence-corrected chi connectivity index (χ3v) is 7.82. The Kier molecular flexibility index (Phi) is 7.60. The van der Waals surface area contributed by atoms with E-state index in [1.807, 2.05) is 25.3 Å². The maximum absolute atomic E-state index is 9.33. The fraction of sp³-hybridized carbons (Fsp3) is 0.423. The second kappa shape index (κ2) is 11.1. The highest BCUT2D eigenvalue weighted by molar-refractivity contribution is 6.35. The Labute approximate surface area is 226 Å².